The Morgan fingerprint density at radius 2 is 0.967 bits per heavy atom. The number of carbonyl (C=O) groups is 4. The number of hydrogen-bond acceptors (Lipinski definition) is 6. The van der Waals surface area contributed by atoms with Gasteiger partial charge in [-0.1, -0.05) is 0 Å². The van der Waals surface area contributed by atoms with E-state index in [0.717, 1.165) is 0 Å². The van der Waals surface area contributed by atoms with Crippen LogP contribution >= 0.6 is 0 Å². The van der Waals surface area contributed by atoms with Crippen molar-refractivity contribution in [2.24, 2.45) is 0 Å². The number of hydrogen-bond donors (Lipinski definition) is 4. The molecular weight excluding hydrogens is 392 g/mol. The molecule has 10 heteroatoms. The van der Waals surface area contributed by atoms with Crippen LogP contribution in [0.2, 0.25) is 0 Å². The highest BCUT2D eigenvalue weighted by Crippen LogP contribution is 2.13. The van der Waals surface area contributed by atoms with E-state index in [1.54, 1.807) is 65.8 Å². The van der Waals surface area contributed by atoms with Crippen molar-refractivity contribution < 1.29 is 28.7 Å². The molecule has 1 rings (SSSR count). The Morgan fingerprint density at radius 3 is 1.23 bits per heavy atom. The molecule has 0 aromatic heterocycles. The van der Waals surface area contributed by atoms with Gasteiger partial charge in [-0.05, 0) is 65.8 Å². The van der Waals surface area contributed by atoms with Crippen molar-refractivity contribution in [3.8, 4) is 0 Å². The Morgan fingerprint density at radius 1 is 0.667 bits per heavy atom. The number of amides is 4. The number of anilines is 2. The third-order valence-corrected chi connectivity index (χ3v) is 3.04. The smallest absolute Gasteiger partial charge is 0.408 e. The van der Waals surface area contributed by atoms with E-state index in [-0.39, 0.29) is 13.1 Å². The molecule has 0 fully saturated rings. The molecule has 4 amide bonds. The van der Waals surface area contributed by atoms with E-state index in [4.69, 9.17) is 9.47 Å². The number of rotatable bonds is 6. The number of benzene rings is 1. The van der Waals surface area contributed by atoms with E-state index in [0.29, 0.717) is 11.4 Å². The first-order chi connectivity index (χ1) is 13.7. The standard InChI is InChI=1S/C20H30N4O6/c1-19(2,3)29-17(27)21-11-15(25)23-13-7-9-14(10-8-13)24-16(26)12-22-18(28)30-20(4,5)6/h7-10H,11-12H2,1-6H3,(H,21,27)(H,22,28)(H,23,25)(H,24,26). The van der Waals surface area contributed by atoms with Gasteiger partial charge in [-0.3, -0.25) is 9.59 Å². The quantitative estimate of drug-likeness (QED) is 0.557. The summed E-state index contributed by atoms with van der Waals surface area (Å²) in [6, 6.07) is 6.34. The summed E-state index contributed by atoms with van der Waals surface area (Å²) in [6.45, 7) is 9.84. The molecular formula is C20H30N4O6. The molecule has 0 spiro atoms. The number of ether oxygens (including phenoxy) is 2. The van der Waals surface area contributed by atoms with Crippen LogP contribution in [-0.4, -0.2) is 48.3 Å². The Bertz CT molecular complexity index is 698. The predicted octanol–water partition coefficient (Wildman–Crippen LogP) is 2.61. The van der Waals surface area contributed by atoms with E-state index in [2.05, 4.69) is 21.3 Å². The molecule has 0 radical (unpaired) electrons. The summed E-state index contributed by atoms with van der Waals surface area (Å²) in [6.07, 6.45) is -1.37. The first-order valence-electron chi connectivity index (χ1n) is 9.37. The van der Waals surface area contributed by atoms with E-state index in [1.165, 1.54) is 0 Å². The fourth-order valence-electron chi connectivity index (χ4n) is 1.98. The predicted molar refractivity (Wildman–Crippen MR) is 112 cm³/mol. The van der Waals surface area contributed by atoms with Crippen LogP contribution < -0.4 is 21.3 Å². The molecule has 4 N–H and O–H groups in total. The van der Waals surface area contributed by atoms with E-state index < -0.39 is 35.2 Å². The first kappa shape index (κ1) is 24.7. The molecule has 0 atom stereocenters. The van der Waals surface area contributed by atoms with Crippen LogP contribution in [-0.2, 0) is 19.1 Å². The van der Waals surface area contributed by atoms with E-state index in [1.807, 2.05) is 0 Å². The third-order valence-electron chi connectivity index (χ3n) is 3.04. The highest BCUT2D eigenvalue weighted by atomic mass is 16.6. The molecule has 0 aliphatic heterocycles. The summed E-state index contributed by atoms with van der Waals surface area (Å²) in [4.78, 5) is 46.9. The molecule has 0 aliphatic rings. The lowest BCUT2D eigenvalue weighted by atomic mass is 10.2. The molecule has 0 unspecified atom stereocenters. The minimum atomic E-state index is -0.685. The van der Waals surface area contributed by atoms with Gasteiger partial charge >= 0.3 is 12.2 Å². The zero-order valence-electron chi connectivity index (χ0n) is 18.2. The van der Waals surface area contributed by atoms with Gasteiger partial charge in [-0.2, -0.15) is 0 Å². The number of alkyl carbamates (subject to hydrolysis) is 2. The maximum atomic E-state index is 11.9. The molecule has 1 aromatic carbocycles. The molecule has 0 saturated carbocycles. The summed E-state index contributed by atoms with van der Waals surface area (Å²) in [5.74, 6) is -0.863. The average Bonchev–Trinajstić information content (AvgIpc) is 2.57. The Balaban J connectivity index is 2.40. The largest absolute Gasteiger partial charge is 0.444 e. The fraction of sp³-hybridized carbons (Fsp3) is 0.500. The third kappa shape index (κ3) is 11.5. The van der Waals surface area contributed by atoms with Crippen molar-refractivity contribution >= 4 is 35.4 Å². The monoisotopic (exact) mass is 422 g/mol. The molecule has 0 heterocycles. The highest BCUT2D eigenvalue weighted by molar-refractivity contribution is 5.95. The number of nitrogens with one attached hydrogen (secondary N) is 4. The lowest BCUT2D eigenvalue weighted by molar-refractivity contribution is -0.116. The molecule has 30 heavy (non-hydrogen) atoms. The van der Waals surface area contributed by atoms with Crippen molar-refractivity contribution in [3.63, 3.8) is 0 Å². The first-order valence-corrected chi connectivity index (χ1v) is 9.37. The average molecular weight is 422 g/mol. The molecule has 166 valence electrons. The molecule has 0 saturated heterocycles. The summed E-state index contributed by atoms with van der Waals surface area (Å²) in [5, 5.41) is 9.93. The van der Waals surface area contributed by atoms with Gasteiger partial charge in [0.2, 0.25) is 11.8 Å². The van der Waals surface area contributed by atoms with Crippen LogP contribution in [0, 0.1) is 0 Å². The Hall–Kier alpha value is -3.30. The van der Waals surface area contributed by atoms with Gasteiger partial charge in [0.25, 0.3) is 0 Å². The summed E-state index contributed by atoms with van der Waals surface area (Å²) in [5.41, 5.74) is -0.335. The SMILES string of the molecule is CC(C)(C)OC(=O)NCC(=O)Nc1ccc(NC(=O)CNC(=O)OC(C)(C)C)cc1. The second-order valence-corrected chi connectivity index (χ2v) is 8.38. The molecule has 1 aromatic rings. The van der Waals surface area contributed by atoms with Gasteiger partial charge in [-0.25, -0.2) is 9.59 Å². The van der Waals surface area contributed by atoms with E-state index >= 15 is 0 Å². The van der Waals surface area contributed by atoms with Gasteiger partial charge < -0.3 is 30.7 Å². The van der Waals surface area contributed by atoms with Crippen molar-refractivity contribution in [1.29, 1.82) is 0 Å². The Labute approximate surface area is 176 Å². The van der Waals surface area contributed by atoms with Crippen molar-refractivity contribution in [2.45, 2.75) is 52.7 Å². The summed E-state index contributed by atoms with van der Waals surface area (Å²) < 4.78 is 10.1. The maximum absolute atomic E-state index is 11.9. The molecule has 10 nitrogen and oxygen atoms in total. The second-order valence-electron chi connectivity index (χ2n) is 8.38. The fourth-order valence-corrected chi connectivity index (χ4v) is 1.98. The van der Waals surface area contributed by atoms with Gasteiger partial charge in [0, 0.05) is 11.4 Å². The normalized spacial score (nSPS) is 11.1. The summed E-state index contributed by atoms with van der Waals surface area (Å²) >= 11 is 0. The lowest BCUT2D eigenvalue weighted by Crippen LogP contribution is -2.37. The number of carbonyl (C=O) groups excluding carboxylic acids is 4. The minimum Gasteiger partial charge on any atom is -0.444 e. The van der Waals surface area contributed by atoms with Gasteiger partial charge in [-0.15, -0.1) is 0 Å². The highest BCUT2D eigenvalue weighted by Gasteiger charge is 2.17. The maximum Gasteiger partial charge on any atom is 0.408 e. The van der Waals surface area contributed by atoms with E-state index in [9.17, 15) is 19.2 Å². The van der Waals surface area contributed by atoms with Crippen LogP contribution in [0.3, 0.4) is 0 Å². The van der Waals surface area contributed by atoms with Crippen LogP contribution in [0.15, 0.2) is 24.3 Å². The zero-order valence-corrected chi connectivity index (χ0v) is 18.2. The summed E-state index contributed by atoms with van der Waals surface area (Å²) in [7, 11) is 0. The Kier molecular flexibility index (Phi) is 8.63. The minimum absolute atomic E-state index is 0.246. The van der Waals surface area contributed by atoms with Gasteiger partial charge in [0.1, 0.15) is 24.3 Å². The molecule has 0 aliphatic carbocycles. The topological polar surface area (TPSA) is 135 Å². The van der Waals surface area contributed by atoms with Crippen LogP contribution in [0.25, 0.3) is 0 Å². The van der Waals surface area contributed by atoms with Crippen molar-refractivity contribution in [2.75, 3.05) is 23.7 Å². The lowest BCUT2D eigenvalue weighted by Gasteiger charge is -2.19. The van der Waals surface area contributed by atoms with Gasteiger partial charge in [0.05, 0.1) is 0 Å². The van der Waals surface area contributed by atoms with Crippen LogP contribution in [0.4, 0.5) is 21.0 Å². The van der Waals surface area contributed by atoms with Crippen LogP contribution in [0.5, 0.6) is 0 Å². The van der Waals surface area contributed by atoms with Crippen LogP contribution in [0.1, 0.15) is 41.5 Å². The molecule has 0 bridgehead atoms. The second kappa shape index (κ2) is 10.5. The van der Waals surface area contributed by atoms with Crippen molar-refractivity contribution in [1.82, 2.24) is 10.6 Å². The van der Waals surface area contributed by atoms with Gasteiger partial charge in [0.15, 0.2) is 0 Å². The van der Waals surface area contributed by atoms with Crippen molar-refractivity contribution in [3.05, 3.63) is 24.3 Å². The zero-order chi connectivity index (χ0) is 22.9.